The van der Waals surface area contributed by atoms with Gasteiger partial charge in [0.15, 0.2) is 5.97 Å². The molecule has 0 saturated heterocycles. The maximum absolute atomic E-state index is 12.9. The van der Waals surface area contributed by atoms with Crippen molar-refractivity contribution in [3.63, 3.8) is 0 Å². The first-order valence-electron chi connectivity index (χ1n) is 3.57. The maximum Gasteiger partial charge on any atom is 0.186 e. The lowest BCUT2D eigenvalue weighted by molar-refractivity contribution is 0.413. The van der Waals surface area contributed by atoms with Crippen LogP contribution in [0, 0.1) is 11.3 Å². The number of nitrogens with two attached hydrogens (primary N) is 1. The van der Waals surface area contributed by atoms with Crippen LogP contribution < -0.4 is 5.73 Å². The highest BCUT2D eigenvalue weighted by Crippen LogP contribution is 2.28. The predicted octanol–water partition coefficient (Wildman–Crippen LogP) is 1.43. The quantitative estimate of drug-likeness (QED) is 0.427. The largest absolute Gasteiger partial charge is 0.321 e. The number of nitrogens with one attached hydrogen (secondary N) is 1. The van der Waals surface area contributed by atoms with E-state index >= 15 is 0 Å². The van der Waals surface area contributed by atoms with Crippen molar-refractivity contribution in [3.8, 4) is 0 Å². The highest BCUT2D eigenvalue weighted by Gasteiger charge is 2.31. The zero-order chi connectivity index (χ0) is 9.30. The molecule has 0 aromatic carbocycles. The topological polar surface area (TPSA) is 49.9 Å². The number of hydrogen-bond donors (Lipinski definition) is 3. The van der Waals surface area contributed by atoms with Crippen molar-refractivity contribution in [2.75, 3.05) is 0 Å². The molecular weight excluding hydrogens is 182 g/mol. The van der Waals surface area contributed by atoms with Gasteiger partial charge in [-0.15, -0.1) is 0 Å². The first-order valence-corrected chi connectivity index (χ1v) is 4.09. The lowest BCUT2D eigenvalue weighted by Crippen LogP contribution is -2.39. The van der Waals surface area contributed by atoms with Crippen LogP contribution >= 0.6 is 12.6 Å². The van der Waals surface area contributed by atoms with Crippen molar-refractivity contribution in [1.82, 2.24) is 0 Å². The van der Waals surface area contributed by atoms with Crippen molar-refractivity contribution >= 4 is 18.6 Å². The standard InChI is InChI=1S/C7H10F2N2S/c8-5-2-3(12)1-4(6(5)10)7(9)11/h2-4,6,11-12H,1,10H2. The highest BCUT2D eigenvalue weighted by molar-refractivity contribution is 7.81. The summed E-state index contributed by atoms with van der Waals surface area (Å²) in [5.74, 6) is -2.49. The molecule has 68 valence electrons. The average molecular weight is 192 g/mol. The van der Waals surface area contributed by atoms with Crippen LogP contribution in [0.25, 0.3) is 0 Å². The molecule has 0 saturated carbocycles. The molecule has 12 heavy (non-hydrogen) atoms. The van der Waals surface area contributed by atoms with E-state index in [1.807, 2.05) is 0 Å². The summed E-state index contributed by atoms with van der Waals surface area (Å²) in [7, 11) is 0. The Morgan fingerprint density at radius 2 is 2.33 bits per heavy atom. The molecule has 0 bridgehead atoms. The molecular formula is C7H10F2N2S. The monoisotopic (exact) mass is 192 g/mol. The summed E-state index contributed by atoms with van der Waals surface area (Å²) in [6, 6.07) is -1.01. The SMILES string of the molecule is N=C(F)C1CC(S)C=C(F)C1N. The van der Waals surface area contributed by atoms with Crippen molar-refractivity contribution in [2.24, 2.45) is 11.7 Å². The number of thiol groups is 1. The lowest BCUT2D eigenvalue weighted by Gasteiger charge is -2.26. The summed E-state index contributed by atoms with van der Waals surface area (Å²) in [5, 5.41) is 6.38. The smallest absolute Gasteiger partial charge is 0.186 e. The van der Waals surface area contributed by atoms with Gasteiger partial charge in [-0.25, -0.2) is 4.39 Å². The molecule has 3 atom stereocenters. The van der Waals surface area contributed by atoms with E-state index in [9.17, 15) is 8.78 Å². The molecule has 2 nitrogen and oxygen atoms in total. The third kappa shape index (κ3) is 1.84. The average Bonchev–Trinajstić information content (AvgIpc) is 1.96. The van der Waals surface area contributed by atoms with E-state index in [2.05, 4.69) is 12.6 Å². The van der Waals surface area contributed by atoms with Crippen LogP contribution in [0.5, 0.6) is 0 Å². The molecule has 0 amide bonds. The second kappa shape index (κ2) is 3.53. The fourth-order valence-corrected chi connectivity index (χ4v) is 1.59. The Bertz CT molecular complexity index is 229. The van der Waals surface area contributed by atoms with Gasteiger partial charge in [0.1, 0.15) is 5.83 Å². The van der Waals surface area contributed by atoms with Crippen LogP contribution in [0.4, 0.5) is 8.78 Å². The predicted molar refractivity (Wildman–Crippen MR) is 46.9 cm³/mol. The minimum atomic E-state index is -1.06. The minimum absolute atomic E-state index is 0.285. The summed E-state index contributed by atoms with van der Waals surface area (Å²) >= 11 is 3.98. The summed E-state index contributed by atoms with van der Waals surface area (Å²) in [5.41, 5.74) is 5.33. The van der Waals surface area contributed by atoms with E-state index in [-0.39, 0.29) is 11.7 Å². The van der Waals surface area contributed by atoms with Gasteiger partial charge in [-0.3, -0.25) is 5.41 Å². The van der Waals surface area contributed by atoms with Gasteiger partial charge < -0.3 is 5.73 Å². The Labute approximate surface area is 74.7 Å². The number of rotatable bonds is 1. The first-order chi connectivity index (χ1) is 5.52. The third-order valence-electron chi connectivity index (χ3n) is 1.92. The molecule has 0 spiro atoms. The van der Waals surface area contributed by atoms with Crippen molar-refractivity contribution < 1.29 is 8.78 Å². The zero-order valence-electron chi connectivity index (χ0n) is 6.30. The molecule has 5 heteroatoms. The Kier molecular flexibility index (Phi) is 2.85. The molecule has 1 rings (SSSR count). The summed E-state index contributed by atoms with van der Waals surface area (Å²) < 4.78 is 25.3. The van der Waals surface area contributed by atoms with Crippen LogP contribution in [0.15, 0.2) is 11.9 Å². The molecule has 1 aliphatic rings. The Balaban J connectivity index is 2.81. The molecule has 0 aliphatic heterocycles. The van der Waals surface area contributed by atoms with Gasteiger partial charge in [-0.05, 0) is 12.5 Å². The maximum atomic E-state index is 12.9. The van der Waals surface area contributed by atoms with Crippen molar-refractivity contribution in [2.45, 2.75) is 17.7 Å². The van der Waals surface area contributed by atoms with E-state index in [1.165, 1.54) is 6.08 Å². The molecule has 0 heterocycles. The Morgan fingerprint density at radius 1 is 1.75 bits per heavy atom. The lowest BCUT2D eigenvalue weighted by atomic mass is 9.89. The molecule has 0 radical (unpaired) electrons. The molecule has 0 aromatic heterocycles. The summed E-state index contributed by atoms with van der Waals surface area (Å²) in [6.07, 6.45) is 1.54. The summed E-state index contributed by atoms with van der Waals surface area (Å²) in [6.45, 7) is 0. The number of halogens is 2. The van der Waals surface area contributed by atoms with Gasteiger partial charge in [-0.2, -0.15) is 17.0 Å². The third-order valence-corrected chi connectivity index (χ3v) is 2.28. The van der Waals surface area contributed by atoms with Gasteiger partial charge in [0.2, 0.25) is 0 Å². The van der Waals surface area contributed by atoms with Gasteiger partial charge in [0.05, 0.1) is 12.0 Å². The van der Waals surface area contributed by atoms with Crippen molar-refractivity contribution in [1.29, 1.82) is 5.41 Å². The minimum Gasteiger partial charge on any atom is -0.321 e. The Morgan fingerprint density at radius 3 is 2.83 bits per heavy atom. The molecule has 3 unspecified atom stereocenters. The van der Waals surface area contributed by atoms with E-state index in [4.69, 9.17) is 11.1 Å². The first kappa shape index (κ1) is 9.67. The van der Waals surface area contributed by atoms with E-state index < -0.39 is 23.8 Å². The fraction of sp³-hybridized carbons (Fsp3) is 0.571. The van der Waals surface area contributed by atoms with Crippen LogP contribution in [-0.4, -0.2) is 17.3 Å². The number of hydrogen-bond acceptors (Lipinski definition) is 3. The summed E-state index contributed by atoms with van der Waals surface area (Å²) in [4.78, 5) is 0. The molecule has 0 fully saturated rings. The second-order valence-corrected chi connectivity index (χ2v) is 3.50. The van der Waals surface area contributed by atoms with Crippen LogP contribution in [0.1, 0.15) is 6.42 Å². The van der Waals surface area contributed by atoms with Crippen LogP contribution in [0.2, 0.25) is 0 Å². The van der Waals surface area contributed by atoms with Crippen LogP contribution in [0.3, 0.4) is 0 Å². The van der Waals surface area contributed by atoms with Gasteiger partial charge in [-0.1, -0.05) is 0 Å². The highest BCUT2D eigenvalue weighted by atomic mass is 32.1. The van der Waals surface area contributed by atoms with Crippen molar-refractivity contribution in [3.05, 3.63) is 11.9 Å². The molecule has 0 aromatic rings. The van der Waals surface area contributed by atoms with E-state index in [0.717, 1.165) is 0 Å². The van der Waals surface area contributed by atoms with Gasteiger partial charge in [0.25, 0.3) is 0 Å². The fourth-order valence-electron chi connectivity index (χ4n) is 1.22. The normalized spacial score (nSPS) is 36.0. The zero-order valence-corrected chi connectivity index (χ0v) is 7.19. The second-order valence-electron chi connectivity index (χ2n) is 2.83. The van der Waals surface area contributed by atoms with Gasteiger partial charge in [0, 0.05) is 5.25 Å². The Hall–Kier alpha value is -0.420. The molecule has 3 N–H and O–H groups in total. The molecule has 1 aliphatic carbocycles. The van der Waals surface area contributed by atoms with E-state index in [1.54, 1.807) is 0 Å². The van der Waals surface area contributed by atoms with Crippen LogP contribution in [-0.2, 0) is 0 Å². The van der Waals surface area contributed by atoms with Gasteiger partial charge >= 0.3 is 0 Å². The van der Waals surface area contributed by atoms with E-state index in [0.29, 0.717) is 0 Å².